The third kappa shape index (κ3) is 5.94. The second-order valence-corrected chi connectivity index (χ2v) is 7.67. The number of carbonyl (C=O) groups is 2. The first-order chi connectivity index (χ1) is 12.6. The molecule has 8 nitrogen and oxygen atoms in total. The summed E-state index contributed by atoms with van der Waals surface area (Å²) < 4.78 is 10.8. The Morgan fingerprint density at radius 2 is 1.89 bits per heavy atom. The van der Waals surface area contributed by atoms with Crippen molar-refractivity contribution < 1.29 is 24.0 Å². The Hall–Kier alpha value is -2.64. The van der Waals surface area contributed by atoms with Gasteiger partial charge in [-0.3, -0.25) is 14.9 Å². The molecule has 0 N–H and O–H groups in total. The Morgan fingerprint density at radius 1 is 1.26 bits per heavy atom. The molecule has 1 fully saturated rings. The van der Waals surface area contributed by atoms with E-state index in [2.05, 4.69) is 0 Å². The van der Waals surface area contributed by atoms with Crippen LogP contribution in [0.25, 0.3) is 0 Å². The maximum Gasteiger partial charge on any atom is 0.410 e. The van der Waals surface area contributed by atoms with E-state index in [4.69, 9.17) is 9.47 Å². The van der Waals surface area contributed by atoms with E-state index in [1.54, 1.807) is 24.0 Å². The van der Waals surface area contributed by atoms with Gasteiger partial charge in [-0.2, -0.15) is 0 Å². The van der Waals surface area contributed by atoms with Crippen molar-refractivity contribution in [3.8, 4) is 0 Å². The van der Waals surface area contributed by atoms with Crippen molar-refractivity contribution in [1.82, 2.24) is 4.90 Å². The summed E-state index contributed by atoms with van der Waals surface area (Å²) in [5.41, 5.74) is -0.0227. The molecule has 0 unspecified atom stereocenters. The van der Waals surface area contributed by atoms with Gasteiger partial charge in [0.2, 0.25) is 0 Å². The number of benzene rings is 1. The van der Waals surface area contributed by atoms with Crippen molar-refractivity contribution in [2.45, 2.75) is 52.2 Å². The molecule has 1 aliphatic heterocycles. The fourth-order valence-electron chi connectivity index (χ4n) is 2.85. The van der Waals surface area contributed by atoms with Crippen LogP contribution in [-0.4, -0.2) is 40.6 Å². The molecule has 0 saturated carbocycles. The Balaban J connectivity index is 1.88. The van der Waals surface area contributed by atoms with Gasteiger partial charge in [0.15, 0.2) is 0 Å². The summed E-state index contributed by atoms with van der Waals surface area (Å²) >= 11 is 0. The summed E-state index contributed by atoms with van der Waals surface area (Å²) in [7, 11) is 0. The molecular formula is C19H26N2O6. The number of non-ortho nitro benzene ring substituents is 1. The van der Waals surface area contributed by atoms with E-state index in [0.29, 0.717) is 31.5 Å². The molecule has 1 aromatic rings. The minimum absolute atomic E-state index is 0.0407. The predicted molar refractivity (Wildman–Crippen MR) is 98.1 cm³/mol. The Morgan fingerprint density at radius 3 is 2.44 bits per heavy atom. The van der Waals surface area contributed by atoms with Crippen molar-refractivity contribution in [2.75, 3.05) is 13.1 Å². The zero-order chi connectivity index (χ0) is 20.2. The maximum atomic E-state index is 12.4. The van der Waals surface area contributed by atoms with Crippen LogP contribution in [0.1, 0.15) is 52.2 Å². The smallest absolute Gasteiger partial charge is 0.410 e. The number of amides is 1. The highest BCUT2D eigenvalue weighted by Gasteiger charge is 2.31. The molecule has 1 aromatic carbocycles. The summed E-state index contributed by atoms with van der Waals surface area (Å²) in [5, 5.41) is 10.9. The number of rotatable bonds is 4. The lowest BCUT2D eigenvalue weighted by Crippen LogP contribution is -2.43. The number of hydrogen-bond acceptors (Lipinski definition) is 6. The quantitative estimate of drug-likeness (QED) is 0.448. The topological polar surface area (TPSA) is 99.0 Å². The molecule has 1 saturated heterocycles. The summed E-state index contributed by atoms with van der Waals surface area (Å²) in [6, 6.07) is 6.06. The first-order valence-electron chi connectivity index (χ1n) is 8.99. The number of nitrogens with zero attached hydrogens (tertiary/aromatic N) is 2. The molecule has 1 atom stereocenters. The maximum absolute atomic E-state index is 12.4. The zero-order valence-electron chi connectivity index (χ0n) is 16.1. The molecule has 1 amide bonds. The van der Waals surface area contributed by atoms with E-state index in [0.717, 1.165) is 0 Å². The lowest BCUT2D eigenvalue weighted by molar-refractivity contribution is -0.385. The number of esters is 1. The Labute approximate surface area is 158 Å². The summed E-state index contributed by atoms with van der Waals surface area (Å²) in [6.45, 7) is 7.98. The molecule has 0 bridgehead atoms. The van der Waals surface area contributed by atoms with Gasteiger partial charge >= 0.3 is 12.1 Å². The fourth-order valence-corrected chi connectivity index (χ4v) is 2.85. The number of nitro benzene ring substituents is 1. The lowest BCUT2D eigenvalue weighted by Gasteiger charge is -2.33. The number of ether oxygens (including phenoxy) is 2. The Kier molecular flexibility index (Phi) is 6.41. The molecule has 0 aromatic heterocycles. The molecule has 148 valence electrons. The van der Waals surface area contributed by atoms with Crippen LogP contribution >= 0.6 is 0 Å². The largest absolute Gasteiger partial charge is 0.458 e. The second kappa shape index (κ2) is 8.37. The monoisotopic (exact) mass is 378 g/mol. The normalized spacial score (nSPS) is 16.5. The molecule has 8 heteroatoms. The van der Waals surface area contributed by atoms with Crippen LogP contribution in [0.2, 0.25) is 0 Å². The van der Waals surface area contributed by atoms with Gasteiger partial charge in [-0.15, -0.1) is 0 Å². The molecule has 27 heavy (non-hydrogen) atoms. The summed E-state index contributed by atoms with van der Waals surface area (Å²) in [6.07, 6.45) is 0.0417. The van der Waals surface area contributed by atoms with Crippen LogP contribution in [0.5, 0.6) is 0 Å². The summed E-state index contributed by atoms with van der Waals surface area (Å²) in [5.74, 6) is -0.650. The first-order valence-corrected chi connectivity index (χ1v) is 8.99. The van der Waals surface area contributed by atoms with E-state index in [-0.39, 0.29) is 23.7 Å². The van der Waals surface area contributed by atoms with Gasteiger partial charge in [0, 0.05) is 25.2 Å². The second-order valence-electron chi connectivity index (χ2n) is 7.67. The van der Waals surface area contributed by atoms with Crippen LogP contribution in [0.3, 0.4) is 0 Å². The standard InChI is InChI=1S/C19H26N2O6/c1-13(15-6-5-7-16(12-15)21(24)25)26-17(22)14-8-10-20(11-9-14)18(23)27-19(2,3)4/h5-7,12-14H,8-11H2,1-4H3/t13-/m0/s1. The highest BCUT2D eigenvalue weighted by Crippen LogP contribution is 2.26. The molecule has 0 aliphatic carbocycles. The highest BCUT2D eigenvalue weighted by molar-refractivity contribution is 5.74. The number of piperidine rings is 1. The van der Waals surface area contributed by atoms with Gasteiger partial charge in [0.05, 0.1) is 10.8 Å². The van der Waals surface area contributed by atoms with Crippen LogP contribution in [-0.2, 0) is 14.3 Å². The lowest BCUT2D eigenvalue weighted by atomic mass is 9.97. The van der Waals surface area contributed by atoms with Crippen LogP contribution in [0.15, 0.2) is 24.3 Å². The third-order valence-corrected chi connectivity index (χ3v) is 4.32. The predicted octanol–water partition coefficient (Wildman–Crippen LogP) is 3.85. The molecule has 2 rings (SSSR count). The van der Waals surface area contributed by atoms with E-state index >= 15 is 0 Å². The molecular weight excluding hydrogens is 352 g/mol. The number of nitro groups is 1. The van der Waals surface area contributed by atoms with Crippen molar-refractivity contribution >= 4 is 17.7 Å². The van der Waals surface area contributed by atoms with Crippen LogP contribution < -0.4 is 0 Å². The highest BCUT2D eigenvalue weighted by atomic mass is 16.6. The minimum atomic E-state index is -0.582. The van der Waals surface area contributed by atoms with E-state index in [9.17, 15) is 19.7 Å². The SMILES string of the molecule is C[C@H](OC(=O)C1CCN(C(=O)OC(C)(C)C)CC1)c1cccc([N+](=O)[O-])c1. The first kappa shape index (κ1) is 20.7. The van der Waals surface area contributed by atoms with Crippen molar-refractivity contribution in [3.05, 3.63) is 39.9 Å². The zero-order valence-corrected chi connectivity index (χ0v) is 16.1. The van der Waals surface area contributed by atoms with E-state index in [1.165, 1.54) is 12.1 Å². The molecule has 0 spiro atoms. The van der Waals surface area contributed by atoms with Gasteiger partial charge in [-0.05, 0) is 46.1 Å². The van der Waals surface area contributed by atoms with Crippen molar-refractivity contribution in [3.63, 3.8) is 0 Å². The van der Waals surface area contributed by atoms with E-state index < -0.39 is 16.6 Å². The van der Waals surface area contributed by atoms with Gasteiger partial charge in [0.25, 0.3) is 5.69 Å². The van der Waals surface area contributed by atoms with E-state index in [1.807, 2.05) is 20.8 Å². The van der Waals surface area contributed by atoms with Gasteiger partial charge in [0.1, 0.15) is 11.7 Å². The summed E-state index contributed by atoms with van der Waals surface area (Å²) in [4.78, 5) is 36.5. The molecule has 1 aliphatic rings. The Bertz CT molecular complexity index is 704. The van der Waals surface area contributed by atoms with Gasteiger partial charge < -0.3 is 14.4 Å². The van der Waals surface area contributed by atoms with Crippen molar-refractivity contribution in [2.24, 2.45) is 5.92 Å². The molecule has 0 radical (unpaired) electrons. The minimum Gasteiger partial charge on any atom is -0.458 e. The number of likely N-dealkylation sites (tertiary alicyclic amines) is 1. The average Bonchev–Trinajstić information content (AvgIpc) is 2.60. The van der Waals surface area contributed by atoms with Gasteiger partial charge in [-0.1, -0.05) is 12.1 Å². The number of carbonyl (C=O) groups excluding carboxylic acids is 2. The van der Waals surface area contributed by atoms with Crippen molar-refractivity contribution in [1.29, 1.82) is 0 Å². The fraction of sp³-hybridized carbons (Fsp3) is 0.579. The van der Waals surface area contributed by atoms with Crippen LogP contribution in [0, 0.1) is 16.0 Å². The van der Waals surface area contributed by atoms with Crippen LogP contribution in [0.4, 0.5) is 10.5 Å². The average molecular weight is 378 g/mol. The third-order valence-electron chi connectivity index (χ3n) is 4.32. The van der Waals surface area contributed by atoms with Gasteiger partial charge in [-0.25, -0.2) is 4.79 Å². The molecule has 1 heterocycles. The number of hydrogen-bond donors (Lipinski definition) is 0.